The third-order valence-corrected chi connectivity index (χ3v) is 2.05. The summed E-state index contributed by atoms with van der Waals surface area (Å²) in [5.41, 5.74) is 5.13. The first-order valence-electron chi connectivity index (χ1n) is 4.54. The van der Waals surface area contributed by atoms with Crippen molar-refractivity contribution in [3.63, 3.8) is 0 Å². The summed E-state index contributed by atoms with van der Waals surface area (Å²) in [5, 5.41) is 0. The number of carbonyl (C=O) groups excluding carboxylic acids is 1. The summed E-state index contributed by atoms with van der Waals surface area (Å²) < 4.78 is 4.73. The van der Waals surface area contributed by atoms with Gasteiger partial charge in [0, 0.05) is 6.54 Å². The standard InChI is InChI=1S/C10H21NO2/c1-9(2,3)6-10(4,7-11)8(12)13-5/h6-7,11H2,1-5H3. The minimum absolute atomic E-state index is 0.0856. The third kappa shape index (κ3) is 3.77. The van der Waals surface area contributed by atoms with Crippen LogP contribution >= 0.6 is 0 Å². The van der Waals surface area contributed by atoms with E-state index in [4.69, 9.17) is 10.5 Å². The molecule has 1 unspecified atom stereocenters. The summed E-state index contributed by atoms with van der Waals surface area (Å²) in [6, 6.07) is 0. The number of carbonyl (C=O) groups is 1. The zero-order valence-electron chi connectivity index (χ0n) is 9.31. The number of ether oxygens (including phenoxy) is 1. The van der Waals surface area contributed by atoms with Gasteiger partial charge in [-0.25, -0.2) is 0 Å². The average Bonchev–Trinajstić information content (AvgIpc) is 1.99. The van der Waals surface area contributed by atoms with Gasteiger partial charge in [0.1, 0.15) is 0 Å². The molecule has 13 heavy (non-hydrogen) atoms. The molecule has 0 aliphatic carbocycles. The van der Waals surface area contributed by atoms with E-state index in [0.717, 1.165) is 6.42 Å². The highest BCUT2D eigenvalue weighted by molar-refractivity contribution is 5.76. The molecule has 0 aromatic heterocycles. The highest BCUT2D eigenvalue weighted by atomic mass is 16.5. The Bertz CT molecular complexity index is 184. The molecule has 0 heterocycles. The zero-order chi connectivity index (χ0) is 10.7. The van der Waals surface area contributed by atoms with Crippen LogP contribution in [0.3, 0.4) is 0 Å². The van der Waals surface area contributed by atoms with Gasteiger partial charge < -0.3 is 10.5 Å². The topological polar surface area (TPSA) is 52.3 Å². The van der Waals surface area contributed by atoms with Gasteiger partial charge in [0.2, 0.25) is 0 Å². The van der Waals surface area contributed by atoms with Crippen LogP contribution < -0.4 is 5.73 Å². The van der Waals surface area contributed by atoms with Crippen LogP contribution in [0.4, 0.5) is 0 Å². The van der Waals surface area contributed by atoms with Crippen molar-refractivity contribution < 1.29 is 9.53 Å². The molecule has 1 atom stereocenters. The van der Waals surface area contributed by atoms with E-state index in [-0.39, 0.29) is 11.4 Å². The molecular formula is C10H21NO2. The van der Waals surface area contributed by atoms with Crippen molar-refractivity contribution in [2.24, 2.45) is 16.6 Å². The van der Waals surface area contributed by atoms with E-state index in [1.54, 1.807) is 0 Å². The normalized spacial score (nSPS) is 16.5. The van der Waals surface area contributed by atoms with Gasteiger partial charge in [0.15, 0.2) is 0 Å². The lowest BCUT2D eigenvalue weighted by molar-refractivity contribution is -0.152. The molecule has 0 saturated carbocycles. The molecule has 0 aliphatic heterocycles. The van der Waals surface area contributed by atoms with E-state index in [1.165, 1.54) is 7.11 Å². The Morgan fingerprint density at radius 2 is 1.77 bits per heavy atom. The van der Waals surface area contributed by atoms with Gasteiger partial charge in [0.05, 0.1) is 12.5 Å². The van der Waals surface area contributed by atoms with Gasteiger partial charge in [-0.3, -0.25) is 4.79 Å². The van der Waals surface area contributed by atoms with Crippen molar-refractivity contribution in [1.29, 1.82) is 0 Å². The largest absolute Gasteiger partial charge is 0.469 e. The van der Waals surface area contributed by atoms with Crippen molar-refractivity contribution in [2.75, 3.05) is 13.7 Å². The van der Waals surface area contributed by atoms with Crippen LogP contribution in [-0.4, -0.2) is 19.6 Å². The second-order valence-electron chi connectivity index (χ2n) is 4.99. The van der Waals surface area contributed by atoms with Crippen LogP contribution in [0.1, 0.15) is 34.1 Å². The van der Waals surface area contributed by atoms with Crippen molar-refractivity contribution in [1.82, 2.24) is 0 Å². The first-order valence-corrected chi connectivity index (χ1v) is 4.54. The maximum Gasteiger partial charge on any atom is 0.312 e. The number of rotatable bonds is 3. The minimum Gasteiger partial charge on any atom is -0.469 e. The van der Waals surface area contributed by atoms with E-state index in [1.807, 2.05) is 6.92 Å². The van der Waals surface area contributed by atoms with E-state index >= 15 is 0 Å². The second kappa shape index (κ2) is 4.09. The van der Waals surface area contributed by atoms with E-state index in [2.05, 4.69) is 20.8 Å². The number of nitrogens with two attached hydrogens (primary N) is 1. The molecule has 0 aromatic carbocycles. The Labute approximate surface area is 80.6 Å². The van der Waals surface area contributed by atoms with Crippen LogP contribution in [0.25, 0.3) is 0 Å². The molecule has 0 saturated heterocycles. The highest BCUT2D eigenvalue weighted by Crippen LogP contribution is 2.33. The van der Waals surface area contributed by atoms with Gasteiger partial charge >= 0.3 is 5.97 Å². The Hall–Kier alpha value is -0.570. The van der Waals surface area contributed by atoms with Gasteiger partial charge in [-0.1, -0.05) is 20.8 Å². The summed E-state index contributed by atoms with van der Waals surface area (Å²) in [6.07, 6.45) is 0.739. The van der Waals surface area contributed by atoms with Gasteiger partial charge in [-0.2, -0.15) is 0 Å². The fraction of sp³-hybridized carbons (Fsp3) is 0.900. The maximum atomic E-state index is 11.4. The number of hydrogen-bond donors (Lipinski definition) is 1. The summed E-state index contributed by atoms with van der Waals surface area (Å²) in [7, 11) is 1.40. The quantitative estimate of drug-likeness (QED) is 0.682. The van der Waals surface area contributed by atoms with Crippen LogP contribution in [0.15, 0.2) is 0 Å². The SMILES string of the molecule is COC(=O)C(C)(CN)CC(C)(C)C. The molecule has 0 radical (unpaired) electrons. The molecular weight excluding hydrogens is 166 g/mol. The van der Waals surface area contributed by atoms with Crippen LogP contribution in [0.5, 0.6) is 0 Å². The van der Waals surface area contributed by atoms with Crippen LogP contribution in [-0.2, 0) is 9.53 Å². The number of esters is 1. The molecule has 0 spiro atoms. The van der Waals surface area contributed by atoms with Gasteiger partial charge in [-0.05, 0) is 18.8 Å². The maximum absolute atomic E-state index is 11.4. The summed E-state index contributed by atoms with van der Waals surface area (Å²) in [6.45, 7) is 8.44. The molecule has 0 aromatic rings. The van der Waals surface area contributed by atoms with Crippen molar-refractivity contribution in [3.8, 4) is 0 Å². The van der Waals surface area contributed by atoms with Crippen LogP contribution in [0.2, 0.25) is 0 Å². The average molecular weight is 187 g/mol. The third-order valence-electron chi connectivity index (χ3n) is 2.05. The molecule has 0 aliphatic rings. The van der Waals surface area contributed by atoms with E-state index in [0.29, 0.717) is 6.54 Å². The molecule has 0 rings (SSSR count). The van der Waals surface area contributed by atoms with E-state index < -0.39 is 5.41 Å². The first-order chi connectivity index (χ1) is 5.75. The second-order valence-corrected chi connectivity index (χ2v) is 4.99. The molecule has 3 nitrogen and oxygen atoms in total. The first kappa shape index (κ1) is 12.4. The Kier molecular flexibility index (Phi) is 3.91. The highest BCUT2D eigenvalue weighted by Gasteiger charge is 2.36. The van der Waals surface area contributed by atoms with Gasteiger partial charge in [0.25, 0.3) is 0 Å². The Morgan fingerprint density at radius 3 is 2.00 bits per heavy atom. The molecule has 3 heteroatoms. The lowest BCUT2D eigenvalue weighted by Crippen LogP contribution is -2.39. The predicted molar refractivity (Wildman–Crippen MR) is 53.2 cm³/mol. The molecule has 0 amide bonds. The smallest absolute Gasteiger partial charge is 0.312 e. The monoisotopic (exact) mass is 187 g/mol. The van der Waals surface area contributed by atoms with Crippen molar-refractivity contribution in [3.05, 3.63) is 0 Å². The molecule has 78 valence electrons. The summed E-state index contributed by atoms with van der Waals surface area (Å²) in [5.74, 6) is -0.218. The summed E-state index contributed by atoms with van der Waals surface area (Å²) in [4.78, 5) is 11.4. The number of methoxy groups -OCH3 is 1. The number of hydrogen-bond acceptors (Lipinski definition) is 3. The zero-order valence-corrected chi connectivity index (χ0v) is 9.31. The van der Waals surface area contributed by atoms with Crippen LogP contribution in [0, 0.1) is 10.8 Å². The minimum atomic E-state index is -0.549. The van der Waals surface area contributed by atoms with Crippen molar-refractivity contribution in [2.45, 2.75) is 34.1 Å². The molecule has 0 fully saturated rings. The predicted octanol–water partition coefficient (Wildman–Crippen LogP) is 1.56. The fourth-order valence-electron chi connectivity index (χ4n) is 1.64. The fourth-order valence-corrected chi connectivity index (χ4v) is 1.64. The molecule has 0 bridgehead atoms. The lowest BCUT2D eigenvalue weighted by atomic mass is 9.75. The van der Waals surface area contributed by atoms with E-state index in [9.17, 15) is 4.79 Å². The lowest BCUT2D eigenvalue weighted by Gasteiger charge is -2.31. The van der Waals surface area contributed by atoms with Gasteiger partial charge in [-0.15, -0.1) is 0 Å². The Morgan fingerprint density at radius 1 is 1.31 bits per heavy atom. The van der Waals surface area contributed by atoms with Crippen molar-refractivity contribution >= 4 is 5.97 Å². The Balaban J connectivity index is 4.55. The molecule has 2 N–H and O–H groups in total. The summed E-state index contributed by atoms with van der Waals surface area (Å²) >= 11 is 0.